The third kappa shape index (κ3) is 12.6. The lowest BCUT2D eigenvalue weighted by atomic mass is 9.82. The standard InChI is InChI=1S/C47H28N4O.C47H32N2.C36H21N3S/c1-3-13-31(14-4-1)45-48-46(32-15-5-2-6-16-32)50-47(49-45)33-19-23-34(24-20-33)51-39-25-21-29-11-7-9-17-35(29)43(39)37-28-42-38(27-40(37)51)44-36-18-10-8-12-30(36)22-26-41(44)52-42;1-47(2)40-19-11-10-18-35(40)36-24-22-32(26-41(36)47)49-43-28-39-44(27-38(43)37-23-20-30-13-7-9-17-34(30)46(37)49)48(31-14-4-3-5-15-31)42-25-21-29-12-6-8-16-33(29)45(39)42;1-2-10-22(11-3-1)35-26-15-6-8-16-30(26)37-36(38-35)39-31-17-9-7-14-25(31)27-20-29-28-18-23-12-4-5-13-24(23)19-33(28)40-34(29)21-32(27)39/h1-28H;3-28H,1-2H3;1-21H. The maximum absolute atomic E-state index is 6.56. The van der Waals surface area contributed by atoms with Gasteiger partial charge in [-0.3, -0.25) is 4.57 Å². The minimum atomic E-state index is -0.0853. The van der Waals surface area contributed by atoms with Crippen LogP contribution in [0.2, 0.25) is 0 Å². The monoisotopic (exact) mass is 1820 g/mol. The Morgan fingerprint density at radius 1 is 0.227 bits per heavy atom. The Kier molecular flexibility index (Phi) is 17.8. The molecule has 1 aliphatic rings. The van der Waals surface area contributed by atoms with Gasteiger partial charge in [-0.15, -0.1) is 11.3 Å². The first-order valence-electron chi connectivity index (χ1n) is 48.1. The van der Waals surface area contributed by atoms with E-state index in [9.17, 15) is 0 Å². The fourth-order valence-corrected chi connectivity index (χ4v) is 24.1. The zero-order valence-electron chi connectivity index (χ0n) is 76.6. The number of thiophene rings is 1. The number of aromatic nitrogens is 9. The van der Waals surface area contributed by atoms with E-state index < -0.39 is 0 Å². The van der Waals surface area contributed by atoms with Gasteiger partial charge in [0.05, 0.1) is 55.3 Å². The lowest BCUT2D eigenvalue weighted by Crippen LogP contribution is -2.15. The highest BCUT2D eigenvalue weighted by molar-refractivity contribution is 7.26. The molecule has 0 amide bonds. The Balaban J connectivity index is 0.000000102. The number of hydrogen-bond donors (Lipinski definition) is 0. The Hall–Kier alpha value is -18.3. The van der Waals surface area contributed by atoms with Crippen molar-refractivity contribution in [3.8, 4) is 79.6 Å². The summed E-state index contributed by atoms with van der Waals surface area (Å²) in [7, 11) is 0. The quantitative estimate of drug-likeness (QED) is 0.150. The summed E-state index contributed by atoms with van der Waals surface area (Å²) in [6.45, 7) is 4.74. The summed E-state index contributed by atoms with van der Waals surface area (Å²) < 4.78 is 18.8. The maximum atomic E-state index is 6.56. The molecule has 8 heterocycles. The van der Waals surface area contributed by atoms with Crippen molar-refractivity contribution in [3.63, 3.8) is 0 Å². The molecule has 0 saturated heterocycles. The molecule has 10 nitrogen and oxygen atoms in total. The molecule has 141 heavy (non-hydrogen) atoms. The highest BCUT2D eigenvalue weighted by atomic mass is 32.1. The largest absolute Gasteiger partial charge is 0.456 e. The van der Waals surface area contributed by atoms with Gasteiger partial charge in [0.2, 0.25) is 5.95 Å². The van der Waals surface area contributed by atoms with Crippen LogP contribution in [0.15, 0.2) is 459 Å². The molecular weight excluding hydrogens is 1740 g/mol. The van der Waals surface area contributed by atoms with E-state index in [4.69, 9.17) is 29.3 Å². The Labute approximate surface area is 812 Å². The van der Waals surface area contributed by atoms with Crippen LogP contribution >= 0.6 is 11.3 Å². The summed E-state index contributed by atoms with van der Waals surface area (Å²) in [6, 6.07) is 163. The van der Waals surface area contributed by atoms with Gasteiger partial charge >= 0.3 is 0 Å². The zero-order valence-corrected chi connectivity index (χ0v) is 77.5. The van der Waals surface area contributed by atoms with Gasteiger partial charge in [-0.25, -0.2) is 24.9 Å². The number of nitrogens with zero attached hydrogens (tertiary/aromatic N) is 9. The van der Waals surface area contributed by atoms with Crippen LogP contribution in [0.1, 0.15) is 25.0 Å². The molecule has 0 radical (unpaired) electrons. The molecule has 1 aliphatic carbocycles. The van der Waals surface area contributed by atoms with Crippen molar-refractivity contribution in [2.75, 3.05) is 0 Å². The first-order chi connectivity index (χ1) is 69.7. The summed E-state index contributed by atoms with van der Waals surface area (Å²) >= 11 is 1.85. The fourth-order valence-electron chi connectivity index (χ4n) is 22.9. The van der Waals surface area contributed by atoms with Gasteiger partial charge in [-0.1, -0.05) is 341 Å². The van der Waals surface area contributed by atoms with E-state index in [0.29, 0.717) is 23.4 Å². The summed E-state index contributed by atoms with van der Waals surface area (Å²) in [5.41, 5.74) is 25.8. The van der Waals surface area contributed by atoms with Crippen LogP contribution in [0.4, 0.5) is 0 Å². The van der Waals surface area contributed by atoms with Crippen molar-refractivity contribution in [2.45, 2.75) is 19.3 Å². The molecule has 31 rings (SSSR count). The van der Waals surface area contributed by atoms with E-state index in [1.54, 1.807) is 0 Å². The van der Waals surface area contributed by atoms with E-state index in [2.05, 4.69) is 414 Å². The Morgan fingerprint density at radius 3 is 1.34 bits per heavy atom. The highest BCUT2D eigenvalue weighted by Crippen LogP contribution is 2.53. The third-order valence-corrected chi connectivity index (χ3v) is 30.6. The number of hydrogen-bond acceptors (Lipinski definition) is 7. The maximum Gasteiger partial charge on any atom is 0.235 e. The van der Waals surface area contributed by atoms with Crippen LogP contribution in [0, 0.1) is 0 Å². The van der Waals surface area contributed by atoms with Gasteiger partial charge in [0.1, 0.15) is 11.2 Å². The summed E-state index contributed by atoms with van der Waals surface area (Å²) in [5.74, 6) is 2.61. The van der Waals surface area contributed by atoms with Crippen LogP contribution < -0.4 is 0 Å². The molecule has 22 aromatic carbocycles. The molecule has 8 aromatic heterocycles. The molecular formula is C130H81N9OS. The summed E-state index contributed by atoms with van der Waals surface area (Å²) in [6.07, 6.45) is 0. The number of fused-ring (bicyclic) bond motifs is 31. The Bertz CT molecular complexity index is 10400. The SMILES string of the molecule is CC1(C)c2ccccc2-c2ccc(-n3c4cc5c6c7ccccc7ccc6n(-c6ccccc6)c5cc4c4ccc5ccccc5c43)cc21.c1ccc(-c2nc(-c3ccccc3)nc(-c3ccc(-n4c5cc6c(cc5c5c7ccccc7ccc54)oc4ccc5ccccc5c46)cc3)n2)cc1.c1ccc(-c2nc(-n3c4ccccc4c4cc5c(cc43)sc3cc4ccccc4cc35)nc3ccccc23)cc1. The van der Waals surface area contributed by atoms with Crippen molar-refractivity contribution >= 4 is 205 Å². The summed E-state index contributed by atoms with van der Waals surface area (Å²) in [4.78, 5) is 25.2. The van der Waals surface area contributed by atoms with Gasteiger partial charge < -0.3 is 18.1 Å². The molecule has 0 saturated carbocycles. The summed E-state index contributed by atoms with van der Waals surface area (Å²) in [5, 5.41) is 28.2. The van der Waals surface area contributed by atoms with Crippen LogP contribution in [0.5, 0.6) is 0 Å². The number of benzene rings is 22. The molecule has 0 unspecified atom stereocenters. The molecule has 0 N–H and O–H groups in total. The number of rotatable bonds is 8. The second kappa shape index (κ2) is 31.4. The number of para-hydroxylation sites is 3. The Morgan fingerprint density at radius 2 is 0.681 bits per heavy atom. The predicted octanol–water partition coefficient (Wildman–Crippen LogP) is 34.6. The molecule has 0 atom stereocenters. The molecule has 0 aliphatic heterocycles. The van der Waals surface area contributed by atoms with E-state index in [1.807, 2.05) is 84.1 Å². The topological polar surface area (TPSA) is 97.3 Å². The van der Waals surface area contributed by atoms with Crippen molar-refractivity contribution in [1.82, 2.24) is 43.2 Å². The van der Waals surface area contributed by atoms with Crippen molar-refractivity contribution in [1.29, 1.82) is 0 Å². The van der Waals surface area contributed by atoms with Gasteiger partial charge in [0.15, 0.2) is 17.5 Å². The van der Waals surface area contributed by atoms with Crippen molar-refractivity contribution in [3.05, 3.63) is 466 Å². The van der Waals surface area contributed by atoms with Crippen molar-refractivity contribution < 1.29 is 4.42 Å². The molecule has 11 heteroatoms. The van der Waals surface area contributed by atoms with Gasteiger partial charge in [0, 0.05) is 130 Å². The van der Waals surface area contributed by atoms with Crippen LogP contribution in [-0.2, 0) is 5.41 Å². The van der Waals surface area contributed by atoms with Crippen LogP contribution in [0.25, 0.3) is 274 Å². The third-order valence-electron chi connectivity index (χ3n) is 29.5. The van der Waals surface area contributed by atoms with E-state index in [0.717, 1.165) is 93.9 Å². The minimum Gasteiger partial charge on any atom is -0.456 e. The van der Waals surface area contributed by atoms with Gasteiger partial charge in [-0.05, 0) is 198 Å². The van der Waals surface area contributed by atoms with E-state index in [1.165, 1.54) is 167 Å². The second-order valence-corrected chi connectivity index (χ2v) is 38.7. The number of furan rings is 1. The predicted molar refractivity (Wildman–Crippen MR) is 590 cm³/mol. The normalized spacial score (nSPS) is 12.5. The second-order valence-electron chi connectivity index (χ2n) is 37.7. The first-order valence-corrected chi connectivity index (χ1v) is 48.9. The smallest absolute Gasteiger partial charge is 0.235 e. The molecule has 0 spiro atoms. The molecule has 658 valence electrons. The minimum absolute atomic E-state index is 0.0853. The zero-order chi connectivity index (χ0) is 92.8. The average molecular weight is 1820 g/mol. The van der Waals surface area contributed by atoms with E-state index >= 15 is 0 Å². The molecule has 0 fully saturated rings. The van der Waals surface area contributed by atoms with Gasteiger partial charge in [0.25, 0.3) is 0 Å². The molecule has 0 bridgehead atoms. The van der Waals surface area contributed by atoms with E-state index in [-0.39, 0.29) is 5.41 Å². The fraction of sp³-hybridized carbons (Fsp3) is 0.0231. The highest BCUT2D eigenvalue weighted by Gasteiger charge is 2.36. The van der Waals surface area contributed by atoms with Crippen LogP contribution in [0.3, 0.4) is 0 Å². The lowest BCUT2D eigenvalue weighted by Gasteiger charge is -2.22. The first kappa shape index (κ1) is 80.0. The van der Waals surface area contributed by atoms with Crippen molar-refractivity contribution in [2.24, 2.45) is 0 Å². The van der Waals surface area contributed by atoms with Crippen LogP contribution in [-0.4, -0.2) is 43.2 Å². The lowest BCUT2D eigenvalue weighted by molar-refractivity contribution is 0.660. The molecule has 30 aromatic rings. The van der Waals surface area contributed by atoms with Gasteiger partial charge in [-0.2, -0.15) is 0 Å². The average Bonchev–Trinajstić information content (AvgIpc) is 1.54.